The van der Waals surface area contributed by atoms with E-state index in [4.69, 9.17) is 5.73 Å². The zero-order chi connectivity index (χ0) is 8.48. The summed E-state index contributed by atoms with van der Waals surface area (Å²) in [5.41, 5.74) is 5.52. The summed E-state index contributed by atoms with van der Waals surface area (Å²) in [7, 11) is -4.36. The molecule has 0 radical (unpaired) electrons. The SMILES string of the molecule is Nc1cccc(S(=O)(=O)[O-])c1.[K+]. The summed E-state index contributed by atoms with van der Waals surface area (Å²) >= 11 is 0. The predicted molar refractivity (Wildman–Crippen MR) is 38.8 cm³/mol. The molecule has 0 saturated heterocycles. The summed E-state index contributed by atoms with van der Waals surface area (Å²) in [4.78, 5) is -0.294. The summed E-state index contributed by atoms with van der Waals surface area (Å²) < 4.78 is 31.1. The standard InChI is InChI=1S/C6H7NO3S.K/c7-5-2-1-3-6(4-5)11(8,9)10;/h1-4H,7H2,(H,8,9,10);/q;+1/p-1. The predicted octanol–water partition coefficient (Wildman–Crippen LogP) is -2.82. The molecule has 0 fully saturated rings. The van der Waals surface area contributed by atoms with Crippen LogP contribution in [0.3, 0.4) is 0 Å². The van der Waals surface area contributed by atoms with Gasteiger partial charge >= 0.3 is 51.4 Å². The van der Waals surface area contributed by atoms with Gasteiger partial charge in [0, 0.05) is 5.69 Å². The molecule has 1 rings (SSSR count). The number of nitrogens with two attached hydrogens (primary N) is 1. The Hall–Kier alpha value is 0.566. The van der Waals surface area contributed by atoms with Gasteiger partial charge in [-0.3, -0.25) is 0 Å². The van der Waals surface area contributed by atoms with Crippen molar-refractivity contribution in [1.29, 1.82) is 0 Å². The van der Waals surface area contributed by atoms with Crippen molar-refractivity contribution in [2.75, 3.05) is 5.73 Å². The van der Waals surface area contributed by atoms with Crippen LogP contribution in [0, 0.1) is 0 Å². The molecule has 2 N–H and O–H groups in total. The largest absolute Gasteiger partial charge is 1.00 e. The molecular formula is C6H6KNO3S. The maximum atomic E-state index is 10.4. The molecule has 1 aromatic carbocycles. The molecule has 0 amide bonds. The second kappa shape index (κ2) is 4.71. The Morgan fingerprint density at radius 1 is 1.33 bits per heavy atom. The maximum Gasteiger partial charge on any atom is 1.00 e. The van der Waals surface area contributed by atoms with Gasteiger partial charge in [-0.05, 0) is 18.2 Å². The molecule has 60 valence electrons. The minimum Gasteiger partial charge on any atom is -0.744 e. The van der Waals surface area contributed by atoms with E-state index in [1.807, 2.05) is 0 Å². The fourth-order valence-electron chi connectivity index (χ4n) is 0.670. The van der Waals surface area contributed by atoms with Crippen molar-refractivity contribution < 1.29 is 64.4 Å². The number of rotatable bonds is 1. The molecule has 0 spiro atoms. The molecule has 12 heavy (non-hydrogen) atoms. The molecule has 4 nitrogen and oxygen atoms in total. The van der Waals surface area contributed by atoms with Crippen LogP contribution in [-0.2, 0) is 10.1 Å². The molecule has 0 saturated carbocycles. The van der Waals surface area contributed by atoms with Crippen LogP contribution in [0.25, 0.3) is 0 Å². The van der Waals surface area contributed by atoms with E-state index >= 15 is 0 Å². The van der Waals surface area contributed by atoms with E-state index < -0.39 is 10.1 Å². The van der Waals surface area contributed by atoms with E-state index in [-0.39, 0.29) is 62.0 Å². The van der Waals surface area contributed by atoms with Crippen molar-refractivity contribution in [3.63, 3.8) is 0 Å². The smallest absolute Gasteiger partial charge is 0.744 e. The average molecular weight is 211 g/mol. The van der Waals surface area contributed by atoms with Crippen molar-refractivity contribution in [3.05, 3.63) is 24.3 Å². The van der Waals surface area contributed by atoms with Gasteiger partial charge in [-0.1, -0.05) is 6.07 Å². The van der Waals surface area contributed by atoms with E-state index in [9.17, 15) is 13.0 Å². The summed E-state index contributed by atoms with van der Waals surface area (Å²) in [6, 6.07) is 5.26. The number of anilines is 1. The first kappa shape index (κ1) is 12.6. The Bertz CT molecular complexity index is 363. The normalized spacial score (nSPS) is 10.4. The third-order valence-electron chi connectivity index (χ3n) is 1.15. The molecule has 6 heteroatoms. The third kappa shape index (κ3) is 3.52. The molecule has 0 unspecified atom stereocenters. The topological polar surface area (TPSA) is 83.2 Å². The van der Waals surface area contributed by atoms with Gasteiger partial charge in [-0.15, -0.1) is 0 Å². The van der Waals surface area contributed by atoms with Gasteiger partial charge in [0.1, 0.15) is 10.1 Å². The van der Waals surface area contributed by atoms with Crippen LogP contribution >= 0.6 is 0 Å². The minimum atomic E-state index is -4.36. The van der Waals surface area contributed by atoms with Gasteiger partial charge in [0.2, 0.25) is 0 Å². The molecule has 0 bridgehead atoms. The zero-order valence-electron chi connectivity index (χ0n) is 6.52. The second-order valence-electron chi connectivity index (χ2n) is 2.03. The first-order chi connectivity index (χ1) is 5.00. The first-order valence-corrected chi connectivity index (χ1v) is 4.22. The van der Waals surface area contributed by atoms with Crippen LogP contribution in [0.1, 0.15) is 0 Å². The Morgan fingerprint density at radius 2 is 1.92 bits per heavy atom. The molecule has 0 atom stereocenters. The molecule has 0 aliphatic heterocycles. The van der Waals surface area contributed by atoms with Crippen LogP contribution in [0.5, 0.6) is 0 Å². The quantitative estimate of drug-likeness (QED) is 0.308. The van der Waals surface area contributed by atoms with Crippen LogP contribution in [-0.4, -0.2) is 13.0 Å². The van der Waals surface area contributed by atoms with E-state index in [1.54, 1.807) is 0 Å². The van der Waals surface area contributed by atoms with Gasteiger partial charge in [-0.25, -0.2) is 8.42 Å². The molecule has 1 aromatic rings. The molecular weight excluding hydrogens is 205 g/mol. The fraction of sp³-hybridized carbons (Fsp3) is 0. The maximum absolute atomic E-state index is 10.4. The van der Waals surface area contributed by atoms with E-state index in [2.05, 4.69) is 0 Å². The number of hydrogen-bond acceptors (Lipinski definition) is 4. The average Bonchev–Trinajstić information content (AvgIpc) is 1.86. The van der Waals surface area contributed by atoms with E-state index in [1.165, 1.54) is 18.2 Å². The summed E-state index contributed by atoms with van der Waals surface area (Å²) in [5, 5.41) is 0. The van der Waals surface area contributed by atoms with Crippen LogP contribution < -0.4 is 57.1 Å². The minimum absolute atomic E-state index is 0. The Morgan fingerprint density at radius 3 is 2.25 bits per heavy atom. The molecule has 0 aliphatic carbocycles. The monoisotopic (exact) mass is 211 g/mol. The molecule has 0 aliphatic rings. The van der Waals surface area contributed by atoms with Gasteiger partial charge in [0.15, 0.2) is 0 Å². The van der Waals surface area contributed by atoms with Crippen molar-refractivity contribution in [2.24, 2.45) is 0 Å². The summed E-state index contributed by atoms with van der Waals surface area (Å²) in [6.45, 7) is 0. The number of hydrogen-bond donors (Lipinski definition) is 1. The summed E-state index contributed by atoms with van der Waals surface area (Å²) in [5.74, 6) is 0. The van der Waals surface area contributed by atoms with Gasteiger partial charge in [0.05, 0.1) is 4.90 Å². The Kier molecular flexibility index (Phi) is 4.93. The van der Waals surface area contributed by atoms with Gasteiger partial charge < -0.3 is 10.3 Å². The molecule has 0 heterocycles. The van der Waals surface area contributed by atoms with Crippen molar-refractivity contribution in [1.82, 2.24) is 0 Å². The van der Waals surface area contributed by atoms with Crippen molar-refractivity contribution >= 4 is 15.8 Å². The second-order valence-corrected chi connectivity index (χ2v) is 3.41. The number of benzene rings is 1. The van der Waals surface area contributed by atoms with E-state index in [0.717, 1.165) is 6.07 Å². The fourth-order valence-corrected chi connectivity index (χ4v) is 1.20. The van der Waals surface area contributed by atoms with Crippen LogP contribution in [0.15, 0.2) is 29.2 Å². The van der Waals surface area contributed by atoms with Crippen LogP contribution in [0.4, 0.5) is 5.69 Å². The Labute approximate surface area is 113 Å². The Balaban J connectivity index is 0.00000121. The zero-order valence-corrected chi connectivity index (χ0v) is 10.5. The van der Waals surface area contributed by atoms with Gasteiger partial charge in [0.25, 0.3) is 0 Å². The number of nitrogen functional groups attached to an aromatic ring is 1. The summed E-state index contributed by atoms with van der Waals surface area (Å²) in [6.07, 6.45) is 0. The van der Waals surface area contributed by atoms with Crippen molar-refractivity contribution in [2.45, 2.75) is 4.90 Å². The first-order valence-electron chi connectivity index (χ1n) is 2.81. The van der Waals surface area contributed by atoms with Crippen LogP contribution in [0.2, 0.25) is 0 Å². The van der Waals surface area contributed by atoms with Gasteiger partial charge in [-0.2, -0.15) is 0 Å². The third-order valence-corrected chi connectivity index (χ3v) is 1.98. The van der Waals surface area contributed by atoms with E-state index in [0.29, 0.717) is 0 Å². The molecule has 0 aromatic heterocycles. The van der Waals surface area contributed by atoms with Crippen molar-refractivity contribution in [3.8, 4) is 0 Å².